The zero-order valence-corrected chi connectivity index (χ0v) is 17.7. The maximum atomic E-state index is 12.9. The molecule has 2 amide bonds. The van der Waals surface area contributed by atoms with E-state index in [0.29, 0.717) is 28.3 Å². The van der Waals surface area contributed by atoms with Crippen LogP contribution in [0, 0.1) is 0 Å². The molecule has 1 aliphatic heterocycles. The lowest BCUT2D eigenvalue weighted by Crippen LogP contribution is -2.43. The van der Waals surface area contributed by atoms with Gasteiger partial charge in [0.2, 0.25) is 11.8 Å². The first-order valence-electron chi connectivity index (χ1n) is 10.0. The third kappa shape index (κ3) is 5.37. The number of fused-ring (bicyclic) bond motifs is 1. The van der Waals surface area contributed by atoms with Crippen LogP contribution in [0.3, 0.4) is 0 Å². The molecule has 4 rings (SSSR count). The second kappa shape index (κ2) is 9.15. The van der Waals surface area contributed by atoms with E-state index < -0.39 is 18.8 Å². The zero-order chi connectivity index (χ0) is 22.7. The Morgan fingerprint density at radius 2 is 1.97 bits per heavy atom. The van der Waals surface area contributed by atoms with Gasteiger partial charge in [-0.05, 0) is 36.6 Å². The van der Waals surface area contributed by atoms with Gasteiger partial charge < -0.3 is 15.0 Å². The molecule has 1 atom stereocenters. The van der Waals surface area contributed by atoms with Crippen LogP contribution in [0.15, 0.2) is 48.5 Å². The molecule has 1 N–H and O–H groups in total. The summed E-state index contributed by atoms with van der Waals surface area (Å²) in [6.07, 6.45) is -2.90. The van der Waals surface area contributed by atoms with Gasteiger partial charge in [-0.1, -0.05) is 41.7 Å². The third-order valence-corrected chi connectivity index (χ3v) is 6.00. The van der Waals surface area contributed by atoms with Gasteiger partial charge in [0.05, 0.1) is 16.6 Å². The smallest absolute Gasteiger partial charge is 0.422 e. The standard InChI is InChI=1S/C22H20F3N3O3S/c23-22(24,25)13-31-15-8-9-16-18(12-15)32-21(26-16)27-20(30)17-7-4-10-28(17)19(29)11-14-5-2-1-3-6-14/h1-3,5-6,8-9,12,17H,4,7,10-11,13H2,(H,26,27,30). The number of nitrogens with one attached hydrogen (secondary N) is 1. The number of alkyl halides is 3. The molecule has 0 bridgehead atoms. The molecule has 32 heavy (non-hydrogen) atoms. The highest BCUT2D eigenvalue weighted by Gasteiger charge is 2.34. The summed E-state index contributed by atoms with van der Waals surface area (Å²) < 4.78 is 42.4. The van der Waals surface area contributed by atoms with Crippen molar-refractivity contribution in [3.8, 4) is 5.75 Å². The van der Waals surface area contributed by atoms with Crippen LogP contribution in [0.1, 0.15) is 18.4 Å². The van der Waals surface area contributed by atoms with E-state index in [2.05, 4.69) is 10.3 Å². The molecule has 1 fully saturated rings. The van der Waals surface area contributed by atoms with Gasteiger partial charge in [0.15, 0.2) is 11.7 Å². The highest BCUT2D eigenvalue weighted by atomic mass is 32.1. The van der Waals surface area contributed by atoms with E-state index in [1.807, 2.05) is 30.3 Å². The molecule has 168 valence electrons. The Bertz CT molecular complexity index is 1120. The Morgan fingerprint density at radius 1 is 1.19 bits per heavy atom. The van der Waals surface area contributed by atoms with Crippen molar-refractivity contribution in [3.63, 3.8) is 0 Å². The average molecular weight is 463 g/mol. The topological polar surface area (TPSA) is 71.5 Å². The van der Waals surface area contributed by atoms with Gasteiger partial charge in [-0.2, -0.15) is 13.2 Å². The Labute approximate surface area is 186 Å². The number of halogens is 3. The van der Waals surface area contributed by atoms with Gasteiger partial charge in [0.25, 0.3) is 0 Å². The molecule has 2 aromatic carbocycles. The number of amides is 2. The summed E-state index contributed by atoms with van der Waals surface area (Å²) in [4.78, 5) is 31.5. The molecule has 3 aromatic rings. The first-order chi connectivity index (χ1) is 15.3. The molecule has 6 nitrogen and oxygen atoms in total. The quantitative estimate of drug-likeness (QED) is 0.588. The number of thiazole rings is 1. The molecule has 0 radical (unpaired) electrons. The molecule has 1 aromatic heterocycles. The molecule has 1 aliphatic rings. The van der Waals surface area contributed by atoms with Gasteiger partial charge in [0, 0.05) is 6.54 Å². The van der Waals surface area contributed by atoms with E-state index in [1.54, 1.807) is 11.0 Å². The molecular weight excluding hydrogens is 443 g/mol. The molecule has 1 unspecified atom stereocenters. The number of carbonyl (C=O) groups excluding carboxylic acids is 2. The number of hydrogen-bond donors (Lipinski definition) is 1. The van der Waals surface area contributed by atoms with Crippen molar-refractivity contribution in [2.24, 2.45) is 0 Å². The molecule has 10 heteroatoms. The number of hydrogen-bond acceptors (Lipinski definition) is 5. The summed E-state index contributed by atoms with van der Waals surface area (Å²) in [5.41, 5.74) is 1.42. The first kappa shape index (κ1) is 22.1. The second-order valence-electron chi connectivity index (χ2n) is 7.45. The van der Waals surface area contributed by atoms with Crippen molar-refractivity contribution >= 4 is 38.5 Å². The summed E-state index contributed by atoms with van der Waals surface area (Å²) >= 11 is 1.14. The van der Waals surface area contributed by atoms with Crippen LogP contribution >= 0.6 is 11.3 Å². The van der Waals surface area contributed by atoms with Crippen LogP contribution < -0.4 is 10.1 Å². The molecule has 2 heterocycles. The van der Waals surface area contributed by atoms with E-state index in [0.717, 1.165) is 23.3 Å². The largest absolute Gasteiger partial charge is 0.484 e. The van der Waals surface area contributed by atoms with E-state index in [1.165, 1.54) is 12.1 Å². The minimum absolute atomic E-state index is 0.0739. The fraction of sp³-hybridized carbons (Fsp3) is 0.318. The molecule has 1 saturated heterocycles. The van der Waals surface area contributed by atoms with Gasteiger partial charge in [-0.25, -0.2) is 4.98 Å². The number of rotatable bonds is 6. The third-order valence-electron chi connectivity index (χ3n) is 5.07. The number of ether oxygens (including phenoxy) is 1. The Kier molecular flexibility index (Phi) is 6.31. The lowest BCUT2D eigenvalue weighted by Gasteiger charge is -2.23. The number of nitrogens with zero attached hydrogens (tertiary/aromatic N) is 2. The van der Waals surface area contributed by atoms with Crippen molar-refractivity contribution in [3.05, 3.63) is 54.1 Å². The maximum Gasteiger partial charge on any atom is 0.422 e. The minimum Gasteiger partial charge on any atom is -0.484 e. The van der Waals surface area contributed by atoms with E-state index in [4.69, 9.17) is 4.74 Å². The minimum atomic E-state index is -4.42. The van der Waals surface area contributed by atoms with Gasteiger partial charge >= 0.3 is 6.18 Å². The maximum absolute atomic E-state index is 12.9. The fourth-order valence-corrected chi connectivity index (χ4v) is 4.51. The number of likely N-dealkylation sites (tertiary alicyclic amines) is 1. The van der Waals surface area contributed by atoms with Crippen molar-refractivity contribution in [1.29, 1.82) is 0 Å². The van der Waals surface area contributed by atoms with E-state index in [-0.39, 0.29) is 24.0 Å². The predicted octanol–water partition coefficient (Wildman–Crippen LogP) is 4.41. The van der Waals surface area contributed by atoms with Crippen LogP contribution in [0.4, 0.5) is 18.3 Å². The van der Waals surface area contributed by atoms with E-state index >= 15 is 0 Å². The molecule has 0 saturated carbocycles. The monoisotopic (exact) mass is 463 g/mol. The normalized spacial score (nSPS) is 16.3. The summed E-state index contributed by atoms with van der Waals surface area (Å²) in [6.45, 7) is -0.862. The Morgan fingerprint density at radius 3 is 2.72 bits per heavy atom. The van der Waals surface area contributed by atoms with Crippen molar-refractivity contribution in [1.82, 2.24) is 9.88 Å². The van der Waals surface area contributed by atoms with Crippen molar-refractivity contribution in [2.45, 2.75) is 31.5 Å². The summed E-state index contributed by atoms with van der Waals surface area (Å²) in [6, 6.07) is 13.2. The Balaban J connectivity index is 1.41. The summed E-state index contributed by atoms with van der Waals surface area (Å²) in [5, 5.41) is 3.07. The Hall–Kier alpha value is -3.14. The highest BCUT2D eigenvalue weighted by Crippen LogP contribution is 2.31. The lowest BCUT2D eigenvalue weighted by atomic mass is 10.1. The first-order valence-corrected chi connectivity index (χ1v) is 10.8. The van der Waals surface area contributed by atoms with Crippen LogP contribution in [0.25, 0.3) is 10.2 Å². The molecular formula is C22H20F3N3O3S. The predicted molar refractivity (Wildman–Crippen MR) is 115 cm³/mol. The van der Waals surface area contributed by atoms with Crippen LogP contribution in [0.2, 0.25) is 0 Å². The molecule has 0 spiro atoms. The van der Waals surface area contributed by atoms with Gasteiger partial charge in [0.1, 0.15) is 11.8 Å². The highest BCUT2D eigenvalue weighted by molar-refractivity contribution is 7.22. The summed E-state index contributed by atoms with van der Waals surface area (Å²) in [5.74, 6) is -0.356. The summed E-state index contributed by atoms with van der Waals surface area (Å²) in [7, 11) is 0. The van der Waals surface area contributed by atoms with Crippen molar-refractivity contribution < 1.29 is 27.5 Å². The number of anilines is 1. The van der Waals surface area contributed by atoms with Crippen LogP contribution in [0.5, 0.6) is 5.75 Å². The van der Waals surface area contributed by atoms with E-state index in [9.17, 15) is 22.8 Å². The number of aromatic nitrogens is 1. The van der Waals surface area contributed by atoms with Gasteiger partial charge in [-0.3, -0.25) is 9.59 Å². The van der Waals surface area contributed by atoms with Crippen molar-refractivity contribution in [2.75, 3.05) is 18.5 Å². The number of benzene rings is 2. The second-order valence-corrected chi connectivity index (χ2v) is 8.48. The number of carbonyl (C=O) groups is 2. The van der Waals surface area contributed by atoms with Gasteiger partial charge in [-0.15, -0.1) is 0 Å². The van der Waals surface area contributed by atoms with Crippen LogP contribution in [-0.2, 0) is 16.0 Å². The SMILES string of the molecule is O=C(Nc1nc2ccc(OCC(F)(F)F)cc2s1)C1CCCN1C(=O)Cc1ccccc1. The fourth-order valence-electron chi connectivity index (χ4n) is 3.61. The zero-order valence-electron chi connectivity index (χ0n) is 16.9. The average Bonchev–Trinajstić information content (AvgIpc) is 3.39. The lowest BCUT2D eigenvalue weighted by molar-refractivity contribution is -0.153. The van der Waals surface area contributed by atoms with Crippen LogP contribution in [-0.4, -0.2) is 47.1 Å². The molecule has 0 aliphatic carbocycles.